The molecule has 1 atom stereocenters. The van der Waals surface area contributed by atoms with Crippen LogP contribution in [0.2, 0.25) is 0 Å². The minimum atomic E-state index is -0.622. The Morgan fingerprint density at radius 1 is 1.33 bits per heavy atom. The smallest absolute Gasteiger partial charge is 0.310 e. The molecule has 4 heteroatoms. The second kappa shape index (κ2) is 7.74. The van der Waals surface area contributed by atoms with Crippen LogP contribution >= 0.6 is 0 Å². The topological polar surface area (TPSA) is 49.8 Å². The van der Waals surface area contributed by atoms with Crippen molar-refractivity contribution >= 4 is 5.97 Å². The maximum atomic E-state index is 11.5. The average molecular weight is 257 g/mol. The molecule has 0 saturated carbocycles. The van der Waals surface area contributed by atoms with Gasteiger partial charge in [0.2, 0.25) is 0 Å². The summed E-state index contributed by atoms with van der Waals surface area (Å²) in [7, 11) is 0. The Balaban J connectivity index is 2.45. The van der Waals surface area contributed by atoms with E-state index in [-0.39, 0.29) is 0 Å². The largest absolute Gasteiger partial charge is 0.481 e. The van der Waals surface area contributed by atoms with E-state index in [1.807, 2.05) is 0 Å². The molecular formula is C14H27NO3. The highest BCUT2D eigenvalue weighted by Gasteiger charge is 2.41. The maximum absolute atomic E-state index is 11.5. The van der Waals surface area contributed by atoms with Crippen LogP contribution in [0.1, 0.15) is 46.0 Å². The molecule has 0 aliphatic carbocycles. The number of carbonyl (C=O) groups is 1. The van der Waals surface area contributed by atoms with E-state index in [4.69, 9.17) is 4.74 Å². The lowest BCUT2D eigenvalue weighted by Gasteiger charge is -2.39. The van der Waals surface area contributed by atoms with E-state index in [9.17, 15) is 9.90 Å². The van der Waals surface area contributed by atoms with Crippen LogP contribution in [0.3, 0.4) is 0 Å². The van der Waals surface area contributed by atoms with Gasteiger partial charge in [-0.1, -0.05) is 20.3 Å². The van der Waals surface area contributed by atoms with E-state index >= 15 is 0 Å². The van der Waals surface area contributed by atoms with Gasteiger partial charge in [0, 0.05) is 19.7 Å². The van der Waals surface area contributed by atoms with Crippen LogP contribution in [0.5, 0.6) is 0 Å². The minimum Gasteiger partial charge on any atom is -0.481 e. The third kappa shape index (κ3) is 4.25. The van der Waals surface area contributed by atoms with Gasteiger partial charge in [0.05, 0.1) is 12.0 Å². The number of hydrogen-bond donors (Lipinski definition) is 1. The fraction of sp³-hybridized carbons (Fsp3) is 0.929. The highest BCUT2D eigenvalue weighted by molar-refractivity contribution is 5.75. The Kier molecular flexibility index (Phi) is 6.65. The van der Waals surface area contributed by atoms with Gasteiger partial charge in [-0.15, -0.1) is 0 Å². The summed E-state index contributed by atoms with van der Waals surface area (Å²) in [6, 6.07) is 0. The third-order valence-electron chi connectivity index (χ3n) is 3.74. The summed E-state index contributed by atoms with van der Waals surface area (Å²) < 4.78 is 5.49. The van der Waals surface area contributed by atoms with Crippen LogP contribution in [-0.2, 0) is 9.53 Å². The highest BCUT2D eigenvalue weighted by Crippen LogP contribution is 2.34. The molecule has 1 rings (SSSR count). The number of rotatable bonds is 8. The number of nitrogens with zero attached hydrogens (tertiary/aromatic N) is 1. The monoisotopic (exact) mass is 257 g/mol. The summed E-state index contributed by atoms with van der Waals surface area (Å²) in [6.45, 7) is 8.23. The molecule has 1 heterocycles. The molecule has 0 aromatic rings. The second-order valence-corrected chi connectivity index (χ2v) is 5.33. The fourth-order valence-electron chi connectivity index (χ4n) is 2.82. The lowest BCUT2D eigenvalue weighted by molar-refractivity contribution is -0.153. The zero-order valence-electron chi connectivity index (χ0n) is 11.8. The Hall–Kier alpha value is -0.610. The number of likely N-dealkylation sites (tertiary alicyclic amines) is 1. The molecule has 0 spiro atoms. The van der Waals surface area contributed by atoms with Gasteiger partial charge >= 0.3 is 5.97 Å². The number of carboxylic acid groups (broad SMARTS) is 1. The van der Waals surface area contributed by atoms with Crippen molar-refractivity contribution in [2.75, 3.05) is 32.8 Å². The SMILES string of the molecule is CCCOCCN1CCCC(CCC)(C(=O)O)C1. The van der Waals surface area contributed by atoms with Crippen LogP contribution in [-0.4, -0.2) is 48.8 Å². The van der Waals surface area contributed by atoms with Gasteiger partial charge in [0.25, 0.3) is 0 Å². The van der Waals surface area contributed by atoms with E-state index in [0.29, 0.717) is 6.54 Å². The first-order valence-electron chi connectivity index (χ1n) is 7.18. The van der Waals surface area contributed by atoms with Crippen molar-refractivity contribution in [3.05, 3.63) is 0 Å². The van der Waals surface area contributed by atoms with E-state index in [2.05, 4.69) is 18.7 Å². The predicted octanol–water partition coefficient (Wildman–Crippen LogP) is 2.38. The van der Waals surface area contributed by atoms with Crippen molar-refractivity contribution in [1.82, 2.24) is 4.90 Å². The van der Waals surface area contributed by atoms with E-state index in [0.717, 1.165) is 58.4 Å². The van der Waals surface area contributed by atoms with Crippen LogP contribution in [0, 0.1) is 5.41 Å². The van der Waals surface area contributed by atoms with Crippen LogP contribution in [0.15, 0.2) is 0 Å². The zero-order chi connectivity index (χ0) is 13.4. The predicted molar refractivity (Wildman–Crippen MR) is 71.8 cm³/mol. The summed E-state index contributed by atoms with van der Waals surface area (Å²) >= 11 is 0. The van der Waals surface area contributed by atoms with E-state index in [1.54, 1.807) is 0 Å². The Labute approximate surface area is 110 Å². The van der Waals surface area contributed by atoms with E-state index < -0.39 is 11.4 Å². The van der Waals surface area contributed by atoms with Gasteiger partial charge in [0.1, 0.15) is 0 Å². The molecule has 0 radical (unpaired) electrons. The molecule has 0 aromatic heterocycles. The number of carboxylic acids is 1. The lowest BCUT2D eigenvalue weighted by Crippen LogP contribution is -2.48. The minimum absolute atomic E-state index is 0.516. The summed E-state index contributed by atoms with van der Waals surface area (Å²) in [4.78, 5) is 13.8. The Bertz CT molecular complexity index is 253. The normalized spacial score (nSPS) is 25.2. The van der Waals surface area contributed by atoms with Crippen molar-refractivity contribution in [2.45, 2.75) is 46.0 Å². The number of aliphatic carboxylic acids is 1. The van der Waals surface area contributed by atoms with Gasteiger partial charge in [0.15, 0.2) is 0 Å². The standard InChI is InChI=1S/C14H27NO3/c1-3-6-14(13(16)17)7-5-8-15(12-14)9-11-18-10-4-2/h3-12H2,1-2H3,(H,16,17). The lowest BCUT2D eigenvalue weighted by atomic mass is 9.76. The highest BCUT2D eigenvalue weighted by atomic mass is 16.5. The first-order valence-corrected chi connectivity index (χ1v) is 7.18. The van der Waals surface area contributed by atoms with Crippen molar-refractivity contribution in [3.8, 4) is 0 Å². The van der Waals surface area contributed by atoms with Gasteiger partial charge in [-0.05, 0) is 32.2 Å². The van der Waals surface area contributed by atoms with Gasteiger partial charge in [-0.25, -0.2) is 0 Å². The molecule has 1 aliphatic heterocycles. The molecule has 1 unspecified atom stereocenters. The molecule has 0 aromatic carbocycles. The van der Waals surface area contributed by atoms with E-state index in [1.165, 1.54) is 0 Å². The number of piperidine rings is 1. The molecule has 1 saturated heterocycles. The Morgan fingerprint density at radius 3 is 2.72 bits per heavy atom. The molecule has 106 valence electrons. The van der Waals surface area contributed by atoms with Crippen LogP contribution in [0.25, 0.3) is 0 Å². The fourth-order valence-corrected chi connectivity index (χ4v) is 2.82. The maximum Gasteiger partial charge on any atom is 0.310 e. The number of ether oxygens (including phenoxy) is 1. The van der Waals surface area contributed by atoms with Gasteiger partial charge in [-0.3, -0.25) is 9.69 Å². The van der Waals surface area contributed by atoms with Crippen molar-refractivity contribution in [1.29, 1.82) is 0 Å². The van der Waals surface area contributed by atoms with Crippen molar-refractivity contribution in [2.24, 2.45) is 5.41 Å². The van der Waals surface area contributed by atoms with Crippen molar-refractivity contribution < 1.29 is 14.6 Å². The molecule has 18 heavy (non-hydrogen) atoms. The molecule has 1 aliphatic rings. The van der Waals surface area contributed by atoms with Gasteiger partial charge < -0.3 is 9.84 Å². The quantitative estimate of drug-likeness (QED) is 0.678. The second-order valence-electron chi connectivity index (χ2n) is 5.33. The first kappa shape index (κ1) is 15.4. The van der Waals surface area contributed by atoms with Gasteiger partial charge in [-0.2, -0.15) is 0 Å². The molecule has 1 N–H and O–H groups in total. The summed E-state index contributed by atoms with van der Waals surface area (Å²) in [5.74, 6) is -0.622. The van der Waals surface area contributed by atoms with Crippen molar-refractivity contribution in [3.63, 3.8) is 0 Å². The van der Waals surface area contributed by atoms with Crippen LogP contribution in [0.4, 0.5) is 0 Å². The summed E-state index contributed by atoms with van der Waals surface area (Å²) in [6.07, 6.45) is 4.57. The van der Waals surface area contributed by atoms with Crippen LogP contribution < -0.4 is 0 Å². The Morgan fingerprint density at radius 2 is 2.11 bits per heavy atom. The molecular weight excluding hydrogens is 230 g/mol. The summed E-state index contributed by atoms with van der Waals surface area (Å²) in [5, 5.41) is 9.49. The molecule has 4 nitrogen and oxygen atoms in total. The molecule has 1 fully saturated rings. The molecule has 0 bridgehead atoms. The third-order valence-corrected chi connectivity index (χ3v) is 3.74. The average Bonchev–Trinajstić information content (AvgIpc) is 2.35. The molecule has 0 amide bonds. The zero-order valence-corrected chi connectivity index (χ0v) is 11.8. The first-order chi connectivity index (χ1) is 8.64. The summed E-state index contributed by atoms with van der Waals surface area (Å²) in [5.41, 5.74) is -0.516. The number of hydrogen-bond acceptors (Lipinski definition) is 3.